The van der Waals surface area contributed by atoms with Crippen molar-refractivity contribution in [3.8, 4) is 0 Å². The Morgan fingerprint density at radius 3 is 2.33 bits per heavy atom. The van der Waals surface area contributed by atoms with E-state index in [4.69, 9.17) is 0 Å². The number of allylic oxidation sites excluding steroid dienone is 1. The van der Waals surface area contributed by atoms with Crippen LogP contribution in [-0.4, -0.2) is 5.78 Å². The summed E-state index contributed by atoms with van der Waals surface area (Å²) in [6, 6.07) is 9.67. The molecule has 0 spiro atoms. The highest BCUT2D eigenvalue weighted by molar-refractivity contribution is 14.1. The smallest absolute Gasteiger partial charge is 0.160 e. The van der Waals surface area contributed by atoms with Crippen molar-refractivity contribution in [2.45, 2.75) is 6.92 Å². The third kappa shape index (κ3) is 2.17. The molecule has 0 N–H and O–H groups in total. The minimum Gasteiger partial charge on any atom is -0.294 e. The van der Waals surface area contributed by atoms with Crippen LogP contribution in [0.4, 0.5) is 0 Å². The Balaban J connectivity index is 3.05. The number of Topliss-reactive ketones (excluding diaryl/α,β-unsaturated/α-hetero) is 1. The Bertz CT molecular complexity index is 301. The minimum absolute atomic E-state index is 0.107. The molecule has 0 aliphatic carbocycles. The van der Waals surface area contributed by atoms with E-state index in [9.17, 15) is 4.79 Å². The van der Waals surface area contributed by atoms with Crippen molar-refractivity contribution < 1.29 is 4.79 Å². The first kappa shape index (κ1) is 9.45. The second kappa shape index (κ2) is 4.40. The molecule has 1 aromatic rings. The number of benzene rings is 1. The van der Waals surface area contributed by atoms with Gasteiger partial charge in [0, 0.05) is 5.57 Å². The summed E-state index contributed by atoms with van der Waals surface area (Å²) in [4.78, 5) is 11.1. The maximum Gasteiger partial charge on any atom is 0.160 e. The Labute approximate surface area is 85.6 Å². The largest absolute Gasteiger partial charge is 0.294 e. The highest BCUT2D eigenvalue weighted by atomic mass is 127. The molecular formula is C10H9IO. The number of carbonyl (C=O) groups excluding carboxylic acids is 1. The molecule has 0 fully saturated rings. The van der Waals surface area contributed by atoms with Gasteiger partial charge in [0.15, 0.2) is 5.78 Å². The van der Waals surface area contributed by atoms with Gasteiger partial charge in [0.1, 0.15) is 0 Å². The van der Waals surface area contributed by atoms with Gasteiger partial charge in [-0.2, -0.15) is 0 Å². The van der Waals surface area contributed by atoms with E-state index in [1.54, 1.807) is 6.92 Å². The van der Waals surface area contributed by atoms with Crippen molar-refractivity contribution in [1.29, 1.82) is 0 Å². The number of halogens is 1. The standard InChI is InChI=1S/C10H9IO/c1-8(12)10(7-11)9-5-3-2-4-6-9/h2-7H,1H3/b10-7+. The van der Waals surface area contributed by atoms with Gasteiger partial charge in [-0.15, -0.1) is 0 Å². The molecule has 62 valence electrons. The minimum atomic E-state index is 0.107. The van der Waals surface area contributed by atoms with Crippen LogP contribution in [0.15, 0.2) is 34.4 Å². The predicted molar refractivity (Wildman–Crippen MR) is 59.1 cm³/mol. The van der Waals surface area contributed by atoms with Crippen LogP contribution in [-0.2, 0) is 4.79 Å². The molecule has 12 heavy (non-hydrogen) atoms. The van der Waals surface area contributed by atoms with Crippen LogP contribution < -0.4 is 0 Å². The Kier molecular flexibility index (Phi) is 3.47. The van der Waals surface area contributed by atoms with Crippen molar-refractivity contribution >= 4 is 33.9 Å². The zero-order chi connectivity index (χ0) is 8.97. The highest BCUT2D eigenvalue weighted by Crippen LogP contribution is 2.16. The lowest BCUT2D eigenvalue weighted by Crippen LogP contribution is -1.93. The summed E-state index contributed by atoms with van der Waals surface area (Å²) in [6.07, 6.45) is 0. The summed E-state index contributed by atoms with van der Waals surface area (Å²) in [5, 5.41) is 0. The molecule has 0 amide bonds. The summed E-state index contributed by atoms with van der Waals surface area (Å²) in [6.45, 7) is 1.58. The van der Waals surface area contributed by atoms with E-state index in [1.165, 1.54) is 0 Å². The maximum atomic E-state index is 11.1. The van der Waals surface area contributed by atoms with Crippen LogP contribution in [0, 0.1) is 0 Å². The van der Waals surface area contributed by atoms with Crippen LogP contribution >= 0.6 is 22.6 Å². The molecule has 2 heteroatoms. The number of carbonyl (C=O) groups is 1. The molecule has 0 heterocycles. The average molecular weight is 272 g/mol. The number of hydrogen-bond donors (Lipinski definition) is 0. The van der Waals surface area contributed by atoms with Gasteiger partial charge in [0.2, 0.25) is 0 Å². The van der Waals surface area contributed by atoms with E-state index in [-0.39, 0.29) is 5.78 Å². The van der Waals surface area contributed by atoms with Gasteiger partial charge in [-0.3, -0.25) is 4.79 Å². The molecule has 0 unspecified atom stereocenters. The molecule has 0 saturated carbocycles. The predicted octanol–water partition coefficient (Wildman–Crippen LogP) is 3.05. The molecule has 1 nitrogen and oxygen atoms in total. The molecule has 1 aromatic carbocycles. The molecule has 0 bridgehead atoms. The summed E-state index contributed by atoms with van der Waals surface area (Å²) < 4.78 is 1.81. The van der Waals surface area contributed by atoms with Gasteiger partial charge in [-0.05, 0) is 16.6 Å². The fraction of sp³-hybridized carbons (Fsp3) is 0.100. The molecular weight excluding hydrogens is 263 g/mol. The fourth-order valence-electron chi connectivity index (χ4n) is 0.961. The Morgan fingerprint density at radius 1 is 1.33 bits per heavy atom. The van der Waals surface area contributed by atoms with Crippen LogP contribution in [0.5, 0.6) is 0 Å². The molecule has 0 aliphatic rings. The second-order valence-electron chi connectivity index (χ2n) is 2.44. The zero-order valence-electron chi connectivity index (χ0n) is 6.75. The van der Waals surface area contributed by atoms with E-state index >= 15 is 0 Å². The normalized spacial score (nSPS) is 11.3. The first-order valence-corrected chi connectivity index (χ1v) is 4.87. The molecule has 0 aromatic heterocycles. The van der Waals surface area contributed by atoms with Gasteiger partial charge in [-0.1, -0.05) is 52.9 Å². The Hall–Kier alpha value is -0.640. The van der Waals surface area contributed by atoms with Crippen molar-refractivity contribution in [3.05, 3.63) is 40.0 Å². The van der Waals surface area contributed by atoms with Gasteiger partial charge in [0.25, 0.3) is 0 Å². The van der Waals surface area contributed by atoms with Gasteiger partial charge < -0.3 is 0 Å². The fourth-order valence-corrected chi connectivity index (χ4v) is 1.76. The second-order valence-corrected chi connectivity index (χ2v) is 3.07. The monoisotopic (exact) mass is 272 g/mol. The quantitative estimate of drug-likeness (QED) is 0.597. The van der Waals surface area contributed by atoms with E-state index < -0.39 is 0 Å². The van der Waals surface area contributed by atoms with Crippen LogP contribution in [0.2, 0.25) is 0 Å². The lowest BCUT2D eigenvalue weighted by molar-refractivity contribution is -0.111. The number of rotatable bonds is 2. The summed E-state index contributed by atoms with van der Waals surface area (Å²) in [7, 11) is 0. The third-order valence-corrected chi connectivity index (χ3v) is 2.20. The van der Waals surface area contributed by atoms with Crippen molar-refractivity contribution in [2.24, 2.45) is 0 Å². The third-order valence-electron chi connectivity index (χ3n) is 1.57. The SMILES string of the molecule is CC(=O)/C(=C\I)c1ccccc1. The van der Waals surface area contributed by atoms with Crippen LogP contribution in [0.25, 0.3) is 5.57 Å². The van der Waals surface area contributed by atoms with Crippen LogP contribution in [0.1, 0.15) is 12.5 Å². The first-order valence-electron chi connectivity index (χ1n) is 3.62. The molecule has 0 saturated heterocycles. The van der Waals surface area contributed by atoms with Crippen molar-refractivity contribution in [1.82, 2.24) is 0 Å². The maximum absolute atomic E-state index is 11.1. The van der Waals surface area contributed by atoms with Gasteiger partial charge in [-0.25, -0.2) is 0 Å². The highest BCUT2D eigenvalue weighted by Gasteiger charge is 2.04. The Morgan fingerprint density at radius 2 is 1.92 bits per heavy atom. The topological polar surface area (TPSA) is 17.1 Å². The number of ketones is 1. The van der Waals surface area contributed by atoms with Gasteiger partial charge in [0.05, 0.1) is 0 Å². The summed E-state index contributed by atoms with van der Waals surface area (Å²) in [5.41, 5.74) is 1.76. The molecule has 0 radical (unpaired) electrons. The summed E-state index contributed by atoms with van der Waals surface area (Å²) in [5.74, 6) is 0.107. The lowest BCUT2D eigenvalue weighted by atomic mass is 10.1. The van der Waals surface area contributed by atoms with E-state index in [1.807, 2.05) is 34.4 Å². The van der Waals surface area contributed by atoms with Crippen LogP contribution in [0.3, 0.4) is 0 Å². The van der Waals surface area contributed by atoms with Gasteiger partial charge >= 0.3 is 0 Å². The van der Waals surface area contributed by atoms with Crippen molar-refractivity contribution in [3.63, 3.8) is 0 Å². The first-order chi connectivity index (χ1) is 5.75. The lowest BCUT2D eigenvalue weighted by Gasteiger charge is -2.00. The van der Waals surface area contributed by atoms with E-state index in [2.05, 4.69) is 22.6 Å². The average Bonchev–Trinajstić information content (AvgIpc) is 2.07. The molecule has 1 rings (SSSR count). The van der Waals surface area contributed by atoms with E-state index in [0.29, 0.717) is 0 Å². The molecule has 0 aliphatic heterocycles. The van der Waals surface area contributed by atoms with Crippen molar-refractivity contribution in [2.75, 3.05) is 0 Å². The number of hydrogen-bond acceptors (Lipinski definition) is 1. The van der Waals surface area contributed by atoms with E-state index in [0.717, 1.165) is 11.1 Å². The molecule has 0 atom stereocenters. The summed E-state index contributed by atoms with van der Waals surface area (Å²) >= 11 is 2.09. The zero-order valence-corrected chi connectivity index (χ0v) is 8.91.